The molecule has 0 N–H and O–H groups in total. The molecule has 16 heavy (non-hydrogen) atoms. The van der Waals surface area contributed by atoms with Gasteiger partial charge in [0.25, 0.3) is 0 Å². The lowest BCUT2D eigenvalue weighted by Gasteiger charge is -1.85. The molecule has 1 heteroatoms. The molecule has 0 saturated carbocycles. The van der Waals surface area contributed by atoms with Crippen LogP contribution in [0.25, 0.3) is 0 Å². The Morgan fingerprint density at radius 2 is 1.75 bits per heavy atom. The molecular formula is C15H26S. The van der Waals surface area contributed by atoms with E-state index in [2.05, 4.69) is 35.8 Å². The number of hydrogen-bond acceptors (Lipinski definition) is 1. The zero-order valence-corrected chi connectivity index (χ0v) is 12.4. The van der Waals surface area contributed by atoms with Crippen molar-refractivity contribution < 1.29 is 0 Å². The van der Waals surface area contributed by atoms with Crippen molar-refractivity contribution in [3.8, 4) is 12.3 Å². The summed E-state index contributed by atoms with van der Waals surface area (Å²) in [5.41, 5.74) is 1.30. The highest BCUT2D eigenvalue weighted by molar-refractivity contribution is 8.04. The van der Waals surface area contributed by atoms with Crippen molar-refractivity contribution in [2.45, 2.75) is 48.0 Å². The summed E-state index contributed by atoms with van der Waals surface area (Å²) >= 11 is 1.69. The van der Waals surface area contributed by atoms with Crippen LogP contribution in [0.3, 0.4) is 0 Å². The van der Waals surface area contributed by atoms with Crippen molar-refractivity contribution in [3.05, 3.63) is 34.6 Å². The third kappa shape index (κ3) is 29.2. The van der Waals surface area contributed by atoms with E-state index < -0.39 is 0 Å². The van der Waals surface area contributed by atoms with E-state index in [1.165, 1.54) is 5.57 Å². The van der Waals surface area contributed by atoms with Crippen molar-refractivity contribution in [2.75, 3.05) is 0 Å². The highest BCUT2D eigenvalue weighted by Crippen LogP contribution is 2.05. The van der Waals surface area contributed by atoms with Crippen LogP contribution in [0.2, 0.25) is 0 Å². The molecule has 92 valence electrons. The molecule has 0 heterocycles. The third-order valence-corrected chi connectivity index (χ3v) is 2.01. The van der Waals surface area contributed by atoms with E-state index >= 15 is 0 Å². The number of hydrogen-bond donors (Lipinski definition) is 0. The number of thioether (sulfide) groups is 1. The molecule has 0 saturated heterocycles. The maximum Gasteiger partial charge on any atom is 0.00576 e. The zero-order valence-electron chi connectivity index (χ0n) is 11.6. The molecule has 0 aromatic carbocycles. The second-order valence-electron chi connectivity index (χ2n) is 2.50. The minimum absolute atomic E-state index is 0.847. The summed E-state index contributed by atoms with van der Waals surface area (Å²) in [6, 6.07) is 0. The van der Waals surface area contributed by atoms with Crippen molar-refractivity contribution in [1.82, 2.24) is 0 Å². The van der Waals surface area contributed by atoms with E-state index in [9.17, 15) is 0 Å². The molecule has 0 aromatic rings. The molecule has 0 aliphatic carbocycles. The Hall–Kier alpha value is -0.870. The lowest BCUT2D eigenvalue weighted by Crippen LogP contribution is -1.60. The van der Waals surface area contributed by atoms with Gasteiger partial charge in [0.1, 0.15) is 0 Å². The molecule has 0 aliphatic heterocycles. The highest BCUT2D eigenvalue weighted by Gasteiger charge is 1.74. The molecule has 0 spiro atoms. The molecule has 0 amide bonds. The van der Waals surface area contributed by atoms with Gasteiger partial charge in [0.2, 0.25) is 0 Å². The molecule has 0 fully saturated rings. The summed E-state index contributed by atoms with van der Waals surface area (Å²) in [4.78, 5) is 0. The average molecular weight is 238 g/mol. The van der Waals surface area contributed by atoms with Gasteiger partial charge >= 0.3 is 0 Å². The van der Waals surface area contributed by atoms with Crippen LogP contribution in [0.1, 0.15) is 48.0 Å². The zero-order chi connectivity index (χ0) is 13.2. The van der Waals surface area contributed by atoms with Crippen LogP contribution in [0.15, 0.2) is 34.6 Å². The van der Waals surface area contributed by atoms with E-state index in [0.29, 0.717) is 0 Å². The van der Waals surface area contributed by atoms with Crippen LogP contribution in [0, 0.1) is 12.3 Å². The van der Waals surface area contributed by atoms with Crippen molar-refractivity contribution >= 4 is 11.8 Å². The average Bonchev–Trinajstić information content (AvgIpc) is 2.37. The quantitative estimate of drug-likeness (QED) is 0.443. The van der Waals surface area contributed by atoms with Gasteiger partial charge in [-0.2, -0.15) is 0 Å². The highest BCUT2D eigenvalue weighted by atomic mass is 32.2. The van der Waals surface area contributed by atoms with Gasteiger partial charge < -0.3 is 0 Å². The minimum atomic E-state index is 0.847. The first-order chi connectivity index (χ1) is 7.72. The summed E-state index contributed by atoms with van der Waals surface area (Å²) in [6.07, 6.45) is 11.8. The van der Waals surface area contributed by atoms with Gasteiger partial charge in [-0.3, -0.25) is 0 Å². The fourth-order valence-electron chi connectivity index (χ4n) is 0.367. The van der Waals surface area contributed by atoms with Gasteiger partial charge in [-0.25, -0.2) is 0 Å². The molecule has 0 aromatic heterocycles. The van der Waals surface area contributed by atoms with Gasteiger partial charge in [-0.05, 0) is 31.6 Å². The Morgan fingerprint density at radius 3 is 2.06 bits per heavy atom. The number of rotatable bonds is 3. The van der Waals surface area contributed by atoms with Crippen molar-refractivity contribution in [2.24, 2.45) is 0 Å². The van der Waals surface area contributed by atoms with Crippen LogP contribution >= 0.6 is 11.8 Å². The third-order valence-electron chi connectivity index (χ3n) is 1.28. The van der Waals surface area contributed by atoms with Crippen LogP contribution in [0.5, 0.6) is 0 Å². The Balaban J connectivity index is -0.000000237. The first kappa shape index (κ1) is 20.5. The normalized spacial score (nSPS) is 10.2. The van der Waals surface area contributed by atoms with Crippen LogP contribution in [-0.2, 0) is 0 Å². The summed E-state index contributed by atoms with van der Waals surface area (Å²) in [5.74, 6) is 2.43. The first-order valence-electron chi connectivity index (χ1n) is 5.72. The lowest BCUT2D eigenvalue weighted by molar-refractivity contribution is 1.28. The Labute approximate surface area is 107 Å². The largest absolute Gasteiger partial charge is 0.120 e. The maximum atomic E-state index is 4.78. The van der Waals surface area contributed by atoms with Crippen LogP contribution in [0.4, 0.5) is 0 Å². The van der Waals surface area contributed by atoms with Crippen LogP contribution < -0.4 is 0 Å². The van der Waals surface area contributed by atoms with E-state index in [4.69, 9.17) is 6.42 Å². The topological polar surface area (TPSA) is 0 Å². The van der Waals surface area contributed by atoms with Gasteiger partial charge in [0.15, 0.2) is 0 Å². The van der Waals surface area contributed by atoms with Gasteiger partial charge in [-0.15, -0.1) is 24.1 Å². The smallest absolute Gasteiger partial charge is 0.00576 e. The van der Waals surface area contributed by atoms with E-state index in [-0.39, 0.29) is 0 Å². The second-order valence-corrected chi connectivity index (χ2v) is 3.32. The summed E-state index contributed by atoms with van der Waals surface area (Å²) < 4.78 is 0. The summed E-state index contributed by atoms with van der Waals surface area (Å²) in [6.45, 7) is 12.1. The summed E-state index contributed by atoms with van der Waals surface area (Å²) in [5, 5.41) is 4.13. The molecule has 0 bridgehead atoms. The molecule has 0 nitrogen and oxygen atoms in total. The minimum Gasteiger partial charge on any atom is -0.120 e. The van der Waals surface area contributed by atoms with Crippen molar-refractivity contribution in [3.63, 3.8) is 0 Å². The molecular weight excluding hydrogens is 212 g/mol. The van der Waals surface area contributed by atoms with Gasteiger partial charge in [-0.1, -0.05) is 44.6 Å². The molecule has 0 aliphatic rings. The number of allylic oxidation sites excluding steroid dienone is 4. The maximum absolute atomic E-state index is 4.78. The van der Waals surface area contributed by atoms with E-state index in [1.54, 1.807) is 11.8 Å². The molecule has 0 rings (SSSR count). The first-order valence-corrected chi connectivity index (χ1v) is 6.66. The number of terminal acetylenes is 1. The Bertz CT molecular complexity index is 226. The van der Waals surface area contributed by atoms with E-state index in [1.807, 2.05) is 40.7 Å². The summed E-state index contributed by atoms with van der Waals surface area (Å²) in [7, 11) is 0. The van der Waals surface area contributed by atoms with Crippen LogP contribution in [-0.4, -0.2) is 0 Å². The molecule has 0 atom stereocenters. The van der Waals surface area contributed by atoms with Gasteiger partial charge in [0, 0.05) is 6.42 Å². The Kier molecular flexibility index (Phi) is 30.5. The van der Waals surface area contributed by atoms with E-state index in [0.717, 1.165) is 6.42 Å². The standard InChI is InChI=1S/C9H14S.C4H6.C2H6/c1-4-7-10-8-6-9(3)5-2;1-3-4-2;1-2/h4-8H,1-3H3;1H,4H2,2H3;1-2H3/b7-4+,8-6-,9-5+;;. The molecule has 0 unspecified atom stereocenters. The SMILES string of the molecule is C#CCC.C/C=C/S/C=C\C(C)=C\C.CC. The Morgan fingerprint density at radius 1 is 1.25 bits per heavy atom. The van der Waals surface area contributed by atoms with Gasteiger partial charge in [0.05, 0.1) is 0 Å². The molecule has 0 radical (unpaired) electrons. The fourth-order valence-corrected chi connectivity index (χ4v) is 0.908. The fraction of sp³-hybridized carbons (Fsp3) is 0.467. The monoisotopic (exact) mass is 238 g/mol. The second kappa shape index (κ2) is 23.7. The lowest BCUT2D eigenvalue weighted by atomic mass is 10.3. The predicted octanol–water partition coefficient (Wildman–Crippen LogP) is 5.79. The predicted molar refractivity (Wildman–Crippen MR) is 81.4 cm³/mol. The van der Waals surface area contributed by atoms with Crippen molar-refractivity contribution in [1.29, 1.82) is 0 Å².